The third-order valence-electron chi connectivity index (χ3n) is 3.98. The van der Waals surface area contributed by atoms with Crippen LogP contribution in [0.25, 0.3) is 10.1 Å². The van der Waals surface area contributed by atoms with Crippen molar-refractivity contribution in [2.75, 3.05) is 10.6 Å². The number of thiophene rings is 1. The summed E-state index contributed by atoms with van der Waals surface area (Å²) in [5, 5.41) is 3.42. The van der Waals surface area contributed by atoms with Crippen LogP contribution < -0.4 is 9.04 Å². The minimum atomic E-state index is -3.78. The van der Waals surface area contributed by atoms with Gasteiger partial charge in [0.1, 0.15) is 16.1 Å². The van der Waals surface area contributed by atoms with Gasteiger partial charge in [-0.25, -0.2) is 22.7 Å². The molecule has 0 aliphatic rings. The zero-order valence-corrected chi connectivity index (χ0v) is 19.1. The highest BCUT2D eigenvalue weighted by molar-refractivity contribution is 7.92. The first kappa shape index (κ1) is 21.1. The van der Waals surface area contributed by atoms with Crippen LogP contribution in [0.1, 0.15) is 0 Å². The Morgan fingerprint density at radius 3 is 2.53 bits per heavy atom. The molecule has 4 aromatic rings. The summed E-state index contributed by atoms with van der Waals surface area (Å²) in [6.07, 6.45) is 2.50. The van der Waals surface area contributed by atoms with Gasteiger partial charge in [0, 0.05) is 16.8 Å². The average molecular weight is 501 g/mol. The summed E-state index contributed by atoms with van der Waals surface area (Å²) >= 11 is 19.9. The number of rotatable bonds is 5. The van der Waals surface area contributed by atoms with E-state index in [1.165, 1.54) is 29.7 Å². The highest BCUT2D eigenvalue weighted by Crippen LogP contribution is 2.40. The van der Waals surface area contributed by atoms with Gasteiger partial charge in [-0.15, -0.1) is 11.3 Å². The van der Waals surface area contributed by atoms with Crippen LogP contribution in [0.15, 0.2) is 54.0 Å². The van der Waals surface area contributed by atoms with Crippen LogP contribution in [0.3, 0.4) is 0 Å². The molecule has 0 saturated heterocycles. The number of nitrogens with zero attached hydrogens (tertiary/aromatic N) is 3. The lowest BCUT2D eigenvalue weighted by molar-refractivity contribution is 0.461. The first-order valence-electron chi connectivity index (χ1n) is 8.35. The van der Waals surface area contributed by atoms with E-state index in [0.717, 1.165) is 20.6 Å². The summed E-state index contributed by atoms with van der Waals surface area (Å²) in [7, 11) is -3.78. The van der Waals surface area contributed by atoms with E-state index < -0.39 is 10.0 Å². The Hall–Kier alpha value is -2.10. The fourth-order valence-electron chi connectivity index (χ4n) is 2.81. The van der Waals surface area contributed by atoms with Crippen molar-refractivity contribution in [2.24, 2.45) is 0 Å². The molecular weight excluding hydrogens is 489 g/mol. The van der Waals surface area contributed by atoms with E-state index in [1.807, 2.05) is 11.4 Å². The van der Waals surface area contributed by atoms with Crippen molar-refractivity contribution in [3.05, 3.63) is 69.4 Å². The molecule has 3 heterocycles. The largest absolute Gasteiger partial charge is 0.437 e. The van der Waals surface area contributed by atoms with E-state index in [9.17, 15) is 8.42 Å². The molecule has 6 nitrogen and oxygen atoms in total. The summed E-state index contributed by atoms with van der Waals surface area (Å²) in [6, 6.07) is 11.4. The van der Waals surface area contributed by atoms with Gasteiger partial charge in [-0.3, -0.25) is 0 Å². The summed E-state index contributed by atoms with van der Waals surface area (Å²) < 4.78 is 33.2. The van der Waals surface area contributed by atoms with Crippen molar-refractivity contribution >= 4 is 77.6 Å². The molecule has 3 aromatic heterocycles. The molecule has 11 heteroatoms. The molecule has 0 atom stereocenters. The first-order chi connectivity index (χ1) is 14.2. The number of aromatic nitrogens is 2. The van der Waals surface area contributed by atoms with E-state index in [0.29, 0.717) is 16.6 Å². The summed E-state index contributed by atoms with van der Waals surface area (Å²) in [6.45, 7) is 0. The maximum absolute atomic E-state index is 12.7. The number of sulfonamides is 1. The van der Waals surface area contributed by atoms with Gasteiger partial charge in [-0.1, -0.05) is 34.8 Å². The Morgan fingerprint density at radius 2 is 1.83 bits per heavy atom. The Balaban J connectivity index is 1.82. The quantitative estimate of drug-likeness (QED) is 0.291. The molecule has 0 fully saturated rings. The zero-order chi connectivity index (χ0) is 21.5. The number of pyridine rings is 2. The molecule has 0 saturated carbocycles. The normalized spacial score (nSPS) is 11.6. The van der Waals surface area contributed by atoms with E-state index in [2.05, 4.69) is 9.97 Å². The van der Waals surface area contributed by atoms with Gasteiger partial charge in [-0.05, 0) is 41.1 Å². The molecule has 0 N–H and O–H groups in total. The maximum Gasteiger partial charge on any atom is 0.236 e. The number of ether oxygens (including phenoxy) is 1. The van der Waals surface area contributed by atoms with Gasteiger partial charge in [0.15, 0.2) is 0 Å². The Kier molecular flexibility index (Phi) is 5.78. The molecule has 0 aliphatic carbocycles. The minimum Gasteiger partial charge on any atom is -0.437 e. The van der Waals surface area contributed by atoms with E-state index >= 15 is 0 Å². The monoisotopic (exact) mass is 499 g/mol. The van der Waals surface area contributed by atoms with Crippen molar-refractivity contribution < 1.29 is 13.2 Å². The minimum absolute atomic E-state index is 0.0470. The topological polar surface area (TPSA) is 72.4 Å². The molecule has 0 radical (unpaired) electrons. The highest BCUT2D eigenvalue weighted by atomic mass is 35.5. The number of benzene rings is 1. The molecule has 0 unspecified atom stereocenters. The molecule has 0 amide bonds. The summed E-state index contributed by atoms with van der Waals surface area (Å²) in [5.41, 5.74) is 0.525. The molecule has 0 aliphatic heterocycles. The fraction of sp³-hybridized carbons (Fsp3) is 0.0526. The number of hydrogen-bond donors (Lipinski definition) is 0. The van der Waals surface area contributed by atoms with Gasteiger partial charge < -0.3 is 4.74 Å². The molecule has 1 aromatic carbocycles. The molecule has 0 bridgehead atoms. The molecule has 30 heavy (non-hydrogen) atoms. The lowest BCUT2D eigenvalue weighted by Gasteiger charge is -2.24. The van der Waals surface area contributed by atoms with Gasteiger partial charge in [-0.2, -0.15) is 0 Å². The first-order valence-corrected chi connectivity index (χ1v) is 12.2. The van der Waals surface area contributed by atoms with Crippen LogP contribution in [-0.4, -0.2) is 24.6 Å². The van der Waals surface area contributed by atoms with Gasteiger partial charge in [0.05, 0.1) is 28.9 Å². The van der Waals surface area contributed by atoms with Crippen LogP contribution in [0.2, 0.25) is 15.3 Å². The van der Waals surface area contributed by atoms with Crippen molar-refractivity contribution in [3.63, 3.8) is 0 Å². The highest BCUT2D eigenvalue weighted by Gasteiger charge is 2.24. The molecule has 0 spiro atoms. The summed E-state index contributed by atoms with van der Waals surface area (Å²) in [4.78, 5) is 8.04. The lowest BCUT2D eigenvalue weighted by atomic mass is 10.2. The fourth-order valence-corrected chi connectivity index (χ4v) is 5.29. The zero-order valence-electron chi connectivity index (χ0n) is 15.2. The predicted molar refractivity (Wildman–Crippen MR) is 122 cm³/mol. The lowest BCUT2D eigenvalue weighted by Crippen LogP contribution is -2.25. The summed E-state index contributed by atoms with van der Waals surface area (Å²) in [5.74, 6) is 0.451. The number of halogens is 3. The van der Waals surface area contributed by atoms with Gasteiger partial charge >= 0.3 is 0 Å². The van der Waals surface area contributed by atoms with Crippen LogP contribution in [0.4, 0.5) is 11.4 Å². The van der Waals surface area contributed by atoms with Crippen LogP contribution in [0.5, 0.6) is 11.6 Å². The van der Waals surface area contributed by atoms with Crippen LogP contribution >= 0.6 is 46.1 Å². The van der Waals surface area contributed by atoms with Crippen molar-refractivity contribution in [1.82, 2.24) is 9.97 Å². The Labute approximate surface area is 191 Å². The van der Waals surface area contributed by atoms with E-state index in [-0.39, 0.29) is 21.7 Å². The smallest absolute Gasteiger partial charge is 0.236 e. The number of hydrogen-bond acceptors (Lipinski definition) is 6. The SMILES string of the molecule is CS(=O)(=O)N(c1cc(Cl)nc(Oc2ccc(Cl)nc2)c1)c1cc2ccsc2cc1Cl. The number of anilines is 2. The van der Waals surface area contributed by atoms with Crippen molar-refractivity contribution in [2.45, 2.75) is 0 Å². The standard InChI is InChI=1S/C19H12Cl3N3O3S2/c1-30(26,27)25(15-6-11-4-5-29-16(11)9-14(15)20)12-7-18(22)24-19(8-12)28-13-2-3-17(21)23-10-13/h2-10H,1H3. The maximum atomic E-state index is 12.7. The van der Waals surface area contributed by atoms with Crippen LogP contribution in [0, 0.1) is 0 Å². The average Bonchev–Trinajstić information content (AvgIpc) is 3.09. The third-order valence-corrected chi connectivity index (χ3v) is 6.66. The second kappa shape index (κ2) is 8.20. The van der Waals surface area contributed by atoms with Gasteiger partial charge in [0.2, 0.25) is 15.9 Å². The number of fused-ring (bicyclic) bond motifs is 1. The third kappa shape index (κ3) is 4.48. The van der Waals surface area contributed by atoms with Gasteiger partial charge in [0.25, 0.3) is 0 Å². The van der Waals surface area contributed by atoms with Crippen LogP contribution in [-0.2, 0) is 10.0 Å². The van der Waals surface area contributed by atoms with E-state index in [1.54, 1.807) is 24.3 Å². The molecule has 154 valence electrons. The molecular formula is C19H12Cl3N3O3S2. The van der Waals surface area contributed by atoms with Crippen molar-refractivity contribution in [1.29, 1.82) is 0 Å². The van der Waals surface area contributed by atoms with E-state index in [4.69, 9.17) is 39.5 Å². The van der Waals surface area contributed by atoms with Crippen molar-refractivity contribution in [3.8, 4) is 11.6 Å². The second-order valence-electron chi connectivity index (χ2n) is 6.19. The second-order valence-corrected chi connectivity index (χ2v) is 10.2. The predicted octanol–water partition coefficient (Wildman–Crippen LogP) is 6.54. The Morgan fingerprint density at radius 1 is 1.03 bits per heavy atom. The Bertz CT molecular complexity index is 1340. The molecule has 4 rings (SSSR count).